The van der Waals surface area contributed by atoms with Crippen molar-refractivity contribution < 1.29 is 8.42 Å². The summed E-state index contributed by atoms with van der Waals surface area (Å²) in [5.41, 5.74) is 6.89. The first-order valence-electron chi connectivity index (χ1n) is 5.87. The Bertz CT molecular complexity index is 544. The van der Waals surface area contributed by atoms with E-state index in [1.807, 2.05) is 0 Å². The summed E-state index contributed by atoms with van der Waals surface area (Å²) in [5.74, 6) is 0. The lowest BCUT2D eigenvalue weighted by Gasteiger charge is -2.33. The largest absolute Gasteiger partial charge is 0.398 e. The summed E-state index contributed by atoms with van der Waals surface area (Å²) in [6.07, 6.45) is 2.93. The predicted octanol–water partition coefficient (Wildman–Crippen LogP) is 2.40. The third-order valence-corrected chi connectivity index (χ3v) is 5.90. The van der Waals surface area contributed by atoms with Crippen LogP contribution in [0.5, 0.6) is 0 Å². The molecule has 0 aromatic heterocycles. The summed E-state index contributed by atoms with van der Waals surface area (Å²) < 4.78 is 26.2. The number of anilines is 1. The molecule has 0 heterocycles. The van der Waals surface area contributed by atoms with Gasteiger partial charge in [-0.25, -0.2) is 8.42 Å². The summed E-state index contributed by atoms with van der Waals surface area (Å²) in [4.78, 5) is 0.171. The van der Waals surface area contributed by atoms with E-state index < -0.39 is 10.0 Å². The fourth-order valence-corrected chi connectivity index (χ4v) is 3.71. The van der Waals surface area contributed by atoms with Crippen LogP contribution < -0.4 is 5.73 Å². The Hall–Kier alpha value is -0.780. The topological polar surface area (TPSA) is 63.4 Å². The summed E-state index contributed by atoms with van der Waals surface area (Å²) in [6.45, 7) is 1.77. The van der Waals surface area contributed by atoms with Gasteiger partial charge in [-0.3, -0.25) is 0 Å². The van der Waals surface area contributed by atoms with Crippen LogP contribution in [-0.2, 0) is 10.0 Å². The monoisotopic (exact) mass is 288 g/mol. The van der Waals surface area contributed by atoms with Crippen molar-refractivity contribution in [2.75, 3.05) is 12.8 Å². The SMILES string of the molecule is Cc1c(N)cc(S(=O)(=O)N(C)C2CCC2)cc1Cl. The first-order chi connectivity index (χ1) is 8.34. The Labute approximate surface area is 113 Å². The molecule has 0 amide bonds. The first-order valence-corrected chi connectivity index (χ1v) is 7.69. The van der Waals surface area contributed by atoms with E-state index in [4.69, 9.17) is 17.3 Å². The molecule has 100 valence electrons. The zero-order valence-electron chi connectivity index (χ0n) is 10.5. The highest BCUT2D eigenvalue weighted by molar-refractivity contribution is 7.89. The molecule has 2 rings (SSSR count). The fourth-order valence-electron chi connectivity index (χ4n) is 1.94. The molecule has 0 atom stereocenters. The van der Waals surface area contributed by atoms with E-state index >= 15 is 0 Å². The Balaban J connectivity index is 2.40. The van der Waals surface area contributed by atoms with Crippen LogP contribution >= 0.6 is 11.6 Å². The number of benzene rings is 1. The normalized spacial score (nSPS) is 16.9. The average Bonchev–Trinajstić information content (AvgIpc) is 2.22. The zero-order valence-corrected chi connectivity index (χ0v) is 12.1. The highest BCUT2D eigenvalue weighted by Gasteiger charge is 2.32. The van der Waals surface area contributed by atoms with Crippen molar-refractivity contribution in [3.8, 4) is 0 Å². The van der Waals surface area contributed by atoms with Gasteiger partial charge in [-0.05, 0) is 37.5 Å². The highest BCUT2D eigenvalue weighted by Crippen LogP contribution is 2.31. The van der Waals surface area contributed by atoms with Gasteiger partial charge in [-0.2, -0.15) is 4.31 Å². The summed E-state index contributed by atoms with van der Waals surface area (Å²) in [6, 6.07) is 3.06. The Morgan fingerprint density at radius 2 is 2.00 bits per heavy atom. The van der Waals surface area contributed by atoms with Gasteiger partial charge in [0.25, 0.3) is 0 Å². The summed E-state index contributed by atoms with van der Waals surface area (Å²) in [7, 11) is -1.88. The second-order valence-corrected chi connectivity index (χ2v) is 7.13. The third-order valence-electron chi connectivity index (χ3n) is 3.62. The molecule has 1 saturated carbocycles. The Morgan fingerprint density at radius 3 is 2.44 bits per heavy atom. The van der Waals surface area contributed by atoms with Crippen molar-refractivity contribution in [2.45, 2.75) is 37.1 Å². The third kappa shape index (κ3) is 2.22. The molecular formula is C12H17ClN2O2S. The van der Waals surface area contributed by atoms with Gasteiger partial charge in [0.1, 0.15) is 0 Å². The minimum Gasteiger partial charge on any atom is -0.398 e. The molecule has 6 heteroatoms. The van der Waals surface area contributed by atoms with Crippen LogP contribution in [0.1, 0.15) is 24.8 Å². The number of nitrogens with zero attached hydrogens (tertiary/aromatic N) is 1. The van der Waals surface area contributed by atoms with E-state index in [1.54, 1.807) is 14.0 Å². The van der Waals surface area contributed by atoms with Gasteiger partial charge >= 0.3 is 0 Å². The maximum atomic E-state index is 12.4. The maximum absolute atomic E-state index is 12.4. The molecular weight excluding hydrogens is 272 g/mol. The summed E-state index contributed by atoms with van der Waals surface area (Å²) >= 11 is 5.99. The van der Waals surface area contributed by atoms with Gasteiger partial charge in [0.2, 0.25) is 10.0 Å². The van der Waals surface area contributed by atoms with Gasteiger partial charge in [-0.1, -0.05) is 18.0 Å². The van der Waals surface area contributed by atoms with Crippen LogP contribution in [0.15, 0.2) is 17.0 Å². The maximum Gasteiger partial charge on any atom is 0.243 e. The van der Waals surface area contributed by atoms with Crippen LogP contribution in [0.3, 0.4) is 0 Å². The van der Waals surface area contributed by atoms with E-state index in [1.165, 1.54) is 16.4 Å². The Morgan fingerprint density at radius 1 is 1.39 bits per heavy atom. The molecule has 1 aromatic rings. The molecule has 1 aliphatic carbocycles. The van der Waals surface area contributed by atoms with Crippen molar-refractivity contribution in [2.24, 2.45) is 0 Å². The van der Waals surface area contributed by atoms with Crippen LogP contribution in [0.4, 0.5) is 5.69 Å². The van der Waals surface area contributed by atoms with Crippen molar-refractivity contribution >= 4 is 27.3 Å². The van der Waals surface area contributed by atoms with Crippen LogP contribution in [-0.4, -0.2) is 25.8 Å². The lowest BCUT2D eigenvalue weighted by Crippen LogP contribution is -2.41. The number of rotatable bonds is 3. The summed E-state index contributed by atoms with van der Waals surface area (Å²) in [5, 5.41) is 0.385. The second-order valence-electron chi connectivity index (χ2n) is 4.73. The first kappa shape index (κ1) is 13.6. The van der Waals surface area contributed by atoms with E-state index in [-0.39, 0.29) is 10.9 Å². The molecule has 4 nitrogen and oxygen atoms in total. The molecule has 0 aliphatic heterocycles. The van der Waals surface area contributed by atoms with Crippen molar-refractivity contribution in [3.05, 3.63) is 22.7 Å². The smallest absolute Gasteiger partial charge is 0.243 e. The van der Waals surface area contributed by atoms with Crippen LogP contribution in [0, 0.1) is 6.92 Å². The van der Waals surface area contributed by atoms with E-state index in [0.717, 1.165) is 19.3 Å². The van der Waals surface area contributed by atoms with Gasteiger partial charge < -0.3 is 5.73 Å². The van der Waals surface area contributed by atoms with Gasteiger partial charge in [0, 0.05) is 23.8 Å². The van der Waals surface area contributed by atoms with E-state index in [9.17, 15) is 8.42 Å². The number of hydrogen-bond donors (Lipinski definition) is 1. The molecule has 0 saturated heterocycles. The molecule has 1 aliphatic rings. The highest BCUT2D eigenvalue weighted by atomic mass is 35.5. The molecule has 18 heavy (non-hydrogen) atoms. The van der Waals surface area contributed by atoms with E-state index in [0.29, 0.717) is 16.3 Å². The number of halogens is 1. The average molecular weight is 289 g/mol. The van der Waals surface area contributed by atoms with Crippen molar-refractivity contribution in [3.63, 3.8) is 0 Å². The minimum absolute atomic E-state index is 0.108. The second kappa shape index (κ2) is 4.72. The van der Waals surface area contributed by atoms with Crippen molar-refractivity contribution in [1.82, 2.24) is 4.31 Å². The molecule has 0 unspecified atom stereocenters. The molecule has 0 bridgehead atoms. The van der Waals surface area contributed by atoms with Gasteiger partial charge in [0.05, 0.1) is 4.90 Å². The number of nitrogens with two attached hydrogens (primary N) is 1. The fraction of sp³-hybridized carbons (Fsp3) is 0.500. The van der Waals surface area contributed by atoms with Gasteiger partial charge in [0.15, 0.2) is 0 Å². The van der Waals surface area contributed by atoms with E-state index in [2.05, 4.69) is 0 Å². The van der Waals surface area contributed by atoms with Crippen LogP contribution in [0.2, 0.25) is 5.02 Å². The number of sulfonamides is 1. The number of hydrogen-bond acceptors (Lipinski definition) is 3. The lowest BCUT2D eigenvalue weighted by atomic mass is 9.94. The molecule has 1 fully saturated rings. The Kier molecular flexibility index (Phi) is 3.58. The predicted molar refractivity (Wildman–Crippen MR) is 73.2 cm³/mol. The molecule has 0 radical (unpaired) electrons. The lowest BCUT2D eigenvalue weighted by molar-refractivity contribution is 0.249. The molecule has 2 N–H and O–H groups in total. The standard InChI is InChI=1S/C12H17ClN2O2S/c1-8-11(13)6-10(7-12(8)14)18(16,17)15(2)9-4-3-5-9/h6-7,9H,3-5,14H2,1-2H3. The molecule has 1 aromatic carbocycles. The van der Waals surface area contributed by atoms with Gasteiger partial charge in [-0.15, -0.1) is 0 Å². The zero-order chi connectivity index (χ0) is 13.5. The van der Waals surface area contributed by atoms with Crippen molar-refractivity contribution in [1.29, 1.82) is 0 Å². The van der Waals surface area contributed by atoms with Crippen LogP contribution in [0.25, 0.3) is 0 Å². The number of nitrogen functional groups attached to an aromatic ring is 1. The minimum atomic E-state index is -3.49. The quantitative estimate of drug-likeness (QED) is 0.869. The molecule has 0 spiro atoms.